The molecule has 0 unspecified atom stereocenters. The van der Waals surface area contributed by atoms with Crippen LogP contribution in [0.25, 0.3) is 27.7 Å². The molecule has 6 heterocycles. The summed E-state index contributed by atoms with van der Waals surface area (Å²) in [4.78, 5) is 30.0. The Morgan fingerprint density at radius 1 is 0.951 bits per heavy atom. The highest BCUT2D eigenvalue weighted by Gasteiger charge is 2.17. The Hall–Kier alpha value is -5.22. The van der Waals surface area contributed by atoms with Gasteiger partial charge in [0.25, 0.3) is 5.91 Å². The number of likely N-dealkylation sites (N-methyl/N-ethyl adjacent to an activating group) is 1. The second-order valence-electron chi connectivity index (χ2n) is 10.3. The molecule has 10 heteroatoms. The number of piperazine rings is 1. The molecule has 0 radical (unpaired) electrons. The normalized spacial score (nSPS) is 14.0. The molecule has 1 saturated heterocycles. The van der Waals surface area contributed by atoms with Gasteiger partial charge in [0.15, 0.2) is 0 Å². The molecule has 41 heavy (non-hydrogen) atoms. The number of aromatic nitrogens is 5. The predicted molar refractivity (Wildman–Crippen MR) is 162 cm³/mol. The molecular formula is C31H29N9O. The number of fused-ring (bicyclic) bond motifs is 2. The number of benzene rings is 1. The van der Waals surface area contributed by atoms with Crippen LogP contribution in [-0.4, -0.2) is 68.6 Å². The lowest BCUT2D eigenvalue weighted by Crippen LogP contribution is -2.44. The molecule has 204 valence electrons. The van der Waals surface area contributed by atoms with Crippen molar-refractivity contribution in [3.8, 4) is 11.1 Å². The van der Waals surface area contributed by atoms with E-state index in [-0.39, 0.29) is 5.91 Å². The van der Waals surface area contributed by atoms with Crippen LogP contribution in [0.2, 0.25) is 0 Å². The summed E-state index contributed by atoms with van der Waals surface area (Å²) >= 11 is 0. The molecule has 7 rings (SSSR count). The molecule has 5 aromatic heterocycles. The second-order valence-corrected chi connectivity index (χ2v) is 10.3. The molecule has 0 saturated carbocycles. The zero-order chi connectivity index (χ0) is 27.8. The molecule has 10 nitrogen and oxygen atoms in total. The number of pyridine rings is 3. The van der Waals surface area contributed by atoms with Crippen molar-refractivity contribution in [2.75, 3.05) is 48.8 Å². The Labute approximate surface area is 236 Å². The van der Waals surface area contributed by atoms with Gasteiger partial charge in [-0.2, -0.15) is 5.10 Å². The van der Waals surface area contributed by atoms with E-state index in [2.05, 4.69) is 72.9 Å². The minimum atomic E-state index is -0.238. The zero-order valence-electron chi connectivity index (χ0n) is 22.6. The van der Waals surface area contributed by atoms with Crippen LogP contribution in [0.15, 0.2) is 91.6 Å². The number of amides is 1. The van der Waals surface area contributed by atoms with E-state index in [1.165, 1.54) is 5.69 Å². The molecule has 0 bridgehead atoms. The Bertz CT molecular complexity index is 1850. The number of H-pyrrole nitrogens is 1. The maximum Gasteiger partial charge on any atom is 0.259 e. The van der Waals surface area contributed by atoms with E-state index in [9.17, 15) is 4.79 Å². The second kappa shape index (κ2) is 10.4. The molecule has 1 aliphatic rings. The fourth-order valence-corrected chi connectivity index (χ4v) is 5.26. The van der Waals surface area contributed by atoms with Crippen molar-refractivity contribution >= 4 is 45.3 Å². The largest absolute Gasteiger partial charge is 0.369 e. The van der Waals surface area contributed by atoms with Crippen molar-refractivity contribution in [1.29, 1.82) is 0 Å². The summed E-state index contributed by atoms with van der Waals surface area (Å²) < 4.78 is 1.70. The summed E-state index contributed by atoms with van der Waals surface area (Å²) in [6, 6.07) is 20.1. The van der Waals surface area contributed by atoms with E-state index < -0.39 is 0 Å². The van der Waals surface area contributed by atoms with Crippen molar-refractivity contribution in [2.45, 2.75) is 0 Å². The smallest absolute Gasteiger partial charge is 0.259 e. The van der Waals surface area contributed by atoms with E-state index in [0.717, 1.165) is 59.8 Å². The molecule has 1 aromatic carbocycles. The van der Waals surface area contributed by atoms with Gasteiger partial charge < -0.3 is 25.4 Å². The lowest BCUT2D eigenvalue weighted by molar-refractivity contribution is 0.102. The highest BCUT2D eigenvalue weighted by Crippen LogP contribution is 2.31. The minimum Gasteiger partial charge on any atom is -0.369 e. The number of carbonyl (C=O) groups is 1. The maximum atomic E-state index is 13.0. The van der Waals surface area contributed by atoms with Crippen molar-refractivity contribution in [3.05, 3.63) is 97.2 Å². The Kier molecular flexibility index (Phi) is 6.29. The number of nitrogens with one attached hydrogen (secondary N) is 3. The van der Waals surface area contributed by atoms with E-state index in [4.69, 9.17) is 4.98 Å². The van der Waals surface area contributed by atoms with Crippen LogP contribution < -0.4 is 15.5 Å². The summed E-state index contributed by atoms with van der Waals surface area (Å²) in [6.07, 6.45) is 8.67. The third kappa shape index (κ3) is 4.96. The first-order valence-electron chi connectivity index (χ1n) is 13.6. The molecule has 1 aliphatic heterocycles. The molecule has 6 aromatic rings. The molecule has 1 fully saturated rings. The van der Waals surface area contributed by atoms with Gasteiger partial charge in [-0.15, -0.1) is 0 Å². The van der Waals surface area contributed by atoms with Crippen LogP contribution >= 0.6 is 0 Å². The Morgan fingerprint density at radius 3 is 2.68 bits per heavy atom. The minimum absolute atomic E-state index is 0.238. The summed E-state index contributed by atoms with van der Waals surface area (Å²) in [7, 11) is 2.17. The first-order valence-corrected chi connectivity index (χ1v) is 13.6. The van der Waals surface area contributed by atoms with Crippen LogP contribution in [0.4, 0.5) is 22.9 Å². The molecule has 0 aliphatic carbocycles. The monoisotopic (exact) mass is 543 g/mol. The van der Waals surface area contributed by atoms with E-state index in [0.29, 0.717) is 16.8 Å². The van der Waals surface area contributed by atoms with Crippen LogP contribution in [0.3, 0.4) is 0 Å². The van der Waals surface area contributed by atoms with E-state index in [1.54, 1.807) is 35.2 Å². The van der Waals surface area contributed by atoms with Crippen LogP contribution in [-0.2, 0) is 0 Å². The van der Waals surface area contributed by atoms with Gasteiger partial charge >= 0.3 is 0 Å². The molecular weight excluding hydrogens is 514 g/mol. The highest BCUT2D eigenvalue weighted by atomic mass is 16.1. The third-order valence-corrected chi connectivity index (χ3v) is 7.52. The quantitative estimate of drug-likeness (QED) is 0.271. The average Bonchev–Trinajstić information content (AvgIpc) is 3.62. The van der Waals surface area contributed by atoms with Crippen LogP contribution in [0.1, 0.15) is 10.4 Å². The van der Waals surface area contributed by atoms with E-state index in [1.807, 2.05) is 30.6 Å². The van der Waals surface area contributed by atoms with Gasteiger partial charge in [-0.3, -0.25) is 9.78 Å². The maximum absolute atomic E-state index is 13.0. The number of nitrogens with zero attached hydrogens (tertiary/aromatic N) is 6. The topological polar surface area (TPSA) is 106 Å². The standard InChI is InChI=1S/C31H29N9O/c1-38-12-14-39(15-13-38)24-6-2-4-22(17-24)35-29-8-7-25-26(19-33-30(25)37-29)21-9-11-40-28(16-21)27(20-34-40)31(41)36-23-5-3-10-32-18-23/h2-11,16-20H,12-15H2,1H3,(H,36,41)(H2,33,35,37). The van der Waals surface area contributed by atoms with E-state index >= 15 is 0 Å². The van der Waals surface area contributed by atoms with Crippen LogP contribution in [0.5, 0.6) is 0 Å². The lowest BCUT2D eigenvalue weighted by Gasteiger charge is -2.34. The first kappa shape index (κ1) is 24.8. The molecule has 3 N–H and O–H groups in total. The Balaban J connectivity index is 1.13. The van der Waals surface area contributed by atoms with Gasteiger partial charge in [0.2, 0.25) is 0 Å². The number of carbonyl (C=O) groups excluding carboxylic acids is 1. The van der Waals surface area contributed by atoms with Gasteiger partial charge in [-0.05, 0) is 67.2 Å². The van der Waals surface area contributed by atoms with Gasteiger partial charge in [0.1, 0.15) is 11.5 Å². The number of hydrogen-bond donors (Lipinski definition) is 3. The van der Waals surface area contributed by atoms with Crippen molar-refractivity contribution < 1.29 is 4.79 Å². The zero-order valence-corrected chi connectivity index (χ0v) is 22.6. The Morgan fingerprint density at radius 2 is 1.83 bits per heavy atom. The molecule has 0 spiro atoms. The highest BCUT2D eigenvalue weighted by molar-refractivity contribution is 6.09. The van der Waals surface area contributed by atoms with Gasteiger partial charge in [0.05, 0.1) is 29.2 Å². The van der Waals surface area contributed by atoms with Crippen molar-refractivity contribution in [1.82, 2.24) is 29.5 Å². The fraction of sp³-hybridized carbons (Fsp3) is 0.161. The third-order valence-electron chi connectivity index (χ3n) is 7.52. The predicted octanol–water partition coefficient (Wildman–Crippen LogP) is 5.02. The summed E-state index contributed by atoms with van der Waals surface area (Å²) in [6.45, 7) is 4.19. The van der Waals surface area contributed by atoms with Gasteiger partial charge in [-0.25, -0.2) is 9.50 Å². The van der Waals surface area contributed by atoms with Gasteiger partial charge in [0, 0.05) is 67.1 Å². The summed E-state index contributed by atoms with van der Waals surface area (Å²) in [5.74, 6) is 0.528. The number of anilines is 4. The average molecular weight is 544 g/mol. The summed E-state index contributed by atoms with van der Waals surface area (Å²) in [5.41, 5.74) is 6.79. The van der Waals surface area contributed by atoms with Crippen molar-refractivity contribution in [3.63, 3.8) is 0 Å². The van der Waals surface area contributed by atoms with Crippen molar-refractivity contribution in [2.24, 2.45) is 0 Å². The first-order chi connectivity index (χ1) is 20.1. The SMILES string of the molecule is CN1CCN(c2cccc(Nc3ccc4c(-c5ccn6ncc(C(=O)Nc7cccnc7)c6c5)c[nH]c4n3)c2)CC1. The summed E-state index contributed by atoms with van der Waals surface area (Å²) in [5, 5.41) is 11.7. The molecule has 1 amide bonds. The molecule has 0 atom stereocenters. The lowest BCUT2D eigenvalue weighted by atomic mass is 10.1. The number of rotatable bonds is 6. The van der Waals surface area contributed by atoms with Crippen LogP contribution in [0, 0.1) is 0 Å². The number of aromatic amines is 1. The fourth-order valence-electron chi connectivity index (χ4n) is 5.26. The number of hydrogen-bond acceptors (Lipinski definition) is 7. The van der Waals surface area contributed by atoms with Gasteiger partial charge in [-0.1, -0.05) is 6.07 Å².